The summed E-state index contributed by atoms with van der Waals surface area (Å²) in [5.41, 5.74) is 3.52. The predicted octanol–water partition coefficient (Wildman–Crippen LogP) is 5.06. The van der Waals surface area contributed by atoms with Crippen LogP contribution in [-0.4, -0.2) is 11.1 Å². The molecule has 0 bridgehead atoms. The quantitative estimate of drug-likeness (QED) is 0.255. The van der Waals surface area contributed by atoms with E-state index in [2.05, 4.69) is 37.8 Å². The van der Waals surface area contributed by atoms with Crippen LogP contribution in [0.5, 0.6) is 5.75 Å². The fraction of sp³-hybridized carbons (Fsp3) is 0.250. The number of aliphatic hydroxyl groups excluding tert-OH is 1. The topological polar surface area (TPSA) is 46.5 Å². The Morgan fingerprint density at radius 1 is 1.00 bits per heavy atom. The van der Waals surface area contributed by atoms with Crippen molar-refractivity contribution in [2.45, 2.75) is 32.6 Å². The summed E-state index contributed by atoms with van der Waals surface area (Å²) in [5, 5.41) is 8.95. The fourth-order valence-electron chi connectivity index (χ4n) is 2.32. The van der Waals surface area contributed by atoms with Gasteiger partial charge in [-0.2, -0.15) is 0 Å². The summed E-state index contributed by atoms with van der Waals surface area (Å²) in [4.78, 5) is 11.2. The molecule has 1 N–H and O–H groups in total. The van der Waals surface area contributed by atoms with Gasteiger partial charge in [0.25, 0.3) is 0 Å². The summed E-state index contributed by atoms with van der Waals surface area (Å²) >= 11 is 0. The van der Waals surface area contributed by atoms with E-state index < -0.39 is 11.7 Å². The van der Waals surface area contributed by atoms with E-state index in [4.69, 9.17) is 9.84 Å². The number of aliphatic hydroxyl groups is 1. The van der Waals surface area contributed by atoms with Crippen LogP contribution in [0.25, 0.3) is 11.1 Å². The number of ether oxygens (including phenoxy) is 1. The normalized spacial score (nSPS) is 10.3. The number of esters is 1. The summed E-state index contributed by atoms with van der Waals surface area (Å²) in [6.07, 6.45) is 4.85. The van der Waals surface area contributed by atoms with Gasteiger partial charge in [0.2, 0.25) is 0 Å². The molecule has 0 aliphatic carbocycles. The fourth-order valence-corrected chi connectivity index (χ4v) is 2.32. The van der Waals surface area contributed by atoms with Gasteiger partial charge in [0.15, 0.2) is 5.76 Å². The number of aryl methyl sites for hydroxylation is 1. The van der Waals surface area contributed by atoms with Gasteiger partial charge in [-0.05, 0) is 48.2 Å². The van der Waals surface area contributed by atoms with Gasteiger partial charge in [-0.1, -0.05) is 56.2 Å². The molecule has 0 spiro atoms. The molecule has 0 aliphatic heterocycles. The molecule has 0 saturated carbocycles. The second-order valence-corrected chi connectivity index (χ2v) is 5.51. The van der Waals surface area contributed by atoms with Gasteiger partial charge in [0.1, 0.15) is 5.75 Å². The lowest BCUT2D eigenvalue weighted by atomic mass is 10.0. The summed E-state index contributed by atoms with van der Waals surface area (Å²) in [7, 11) is 0. The molecule has 0 unspecified atom stereocenters. The largest absolute Gasteiger partial charge is 0.502 e. The molecule has 3 heteroatoms. The van der Waals surface area contributed by atoms with Gasteiger partial charge in [-0.25, -0.2) is 4.79 Å². The summed E-state index contributed by atoms with van der Waals surface area (Å²) < 4.78 is 4.95. The number of hydrogen-bond acceptors (Lipinski definition) is 3. The van der Waals surface area contributed by atoms with Crippen LogP contribution in [0, 0.1) is 0 Å². The lowest BCUT2D eigenvalue weighted by Crippen LogP contribution is -2.09. The van der Waals surface area contributed by atoms with Crippen molar-refractivity contribution in [3.63, 3.8) is 0 Å². The van der Waals surface area contributed by atoms with Gasteiger partial charge in [0.05, 0.1) is 0 Å². The zero-order valence-electron chi connectivity index (χ0n) is 13.4. The Kier molecular flexibility index (Phi) is 5.98. The minimum Gasteiger partial charge on any atom is -0.502 e. The Labute approximate surface area is 137 Å². The van der Waals surface area contributed by atoms with Crippen molar-refractivity contribution >= 4 is 5.97 Å². The molecule has 120 valence electrons. The summed E-state index contributed by atoms with van der Waals surface area (Å²) in [6, 6.07) is 15.7. The van der Waals surface area contributed by atoms with Crippen molar-refractivity contribution in [1.29, 1.82) is 0 Å². The van der Waals surface area contributed by atoms with Crippen LogP contribution < -0.4 is 4.74 Å². The van der Waals surface area contributed by atoms with Crippen LogP contribution in [0.3, 0.4) is 0 Å². The lowest BCUT2D eigenvalue weighted by Gasteiger charge is -2.06. The minimum atomic E-state index is -0.839. The van der Waals surface area contributed by atoms with E-state index in [9.17, 15) is 4.79 Å². The van der Waals surface area contributed by atoms with E-state index >= 15 is 0 Å². The van der Waals surface area contributed by atoms with Gasteiger partial charge in [-0.15, -0.1) is 0 Å². The maximum absolute atomic E-state index is 11.2. The van der Waals surface area contributed by atoms with E-state index in [-0.39, 0.29) is 0 Å². The van der Waals surface area contributed by atoms with Crippen LogP contribution in [-0.2, 0) is 11.2 Å². The molecule has 2 aromatic carbocycles. The number of carbonyl (C=O) groups excluding carboxylic acids is 1. The third-order valence-electron chi connectivity index (χ3n) is 3.66. The van der Waals surface area contributed by atoms with Gasteiger partial charge >= 0.3 is 5.97 Å². The second-order valence-electron chi connectivity index (χ2n) is 5.51. The van der Waals surface area contributed by atoms with E-state index in [0.717, 1.165) is 17.5 Å². The number of hydrogen-bond donors (Lipinski definition) is 1. The first-order chi connectivity index (χ1) is 11.1. The first kappa shape index (κ1) is 16.8. The highest BCUT2D eigenvalue weighted by Gasteiger charge is 2.08. The number of carbonyl (C=O) groups is 1. The number of benzene rings is 2. The highest BCUT2D eigenvalue weighted by atomic mass is 16.5. The number of rotatable bonds is 7. The second kappa shape index (κ2) is 8.18. The highest BCUT2D eigenvalue weighted by Crippen LogP contribution is 2.23. The Hall–Kier alpha value is -2.55. The molecule has 2 aromatic rings. The van der Waals surface area contributed by atoms with Crippen LogP contribution in [0.1, 0.15) is 31.7 Å². The Morgan fingerprint density at radius 2 is 1.57 bits per heavy atom. The Balaban J connectivity index is 2.01. The van der Waals surface area contributed by atoms with E-state index in [1.165, 1.54) is 24.8 Å². The van der Waals surface area contributed by atoms with Gasteiger partial charge in [0, 0.05) is 0 Å². The first-order valence-corrected chi connectivity index (χ1v) is 7.89. The van der Waals surface area contributed by atoms with Crippen LogP contribution >= 0.6 is 0 Å². The minimum absolute atomic E-state index is 0.380. The third-order valence-corrected chi connectivity index (χ3v) is 3.66. The van der Waals surface area contributed by atoms with E-state index in [0.29, 0.717) is 5.75 Å². The zero-order valence-corrected chi connectivity index (χ0v) is 13.4. The molecular formula is C20H22O3. The summed E-state index contributed by atoms with van der Waals surface area (Å²) in [5.74, 6) is -1.06. The van der Waals surface area contributed by atoms with Crippen LogP contribution in [0.15, 0.2) is 60.9 Å². The SMILES string of the molecule is C=C(O)C(=O)Oc1ccc(-c2ccc(CCCCC)cc2)cc1. The van der Waals surface area contributed by atoms with E-state index in [1.807, 2.05) is 12.1 Å². The molecule has 0 saturated heterocycles. The van der Waals surface area contributed by atoms with Gasteiger partial charge in [-0.3, -0.25) is 0 Å². The average Bonchev–Trinajstić information content (AvgIpc) is 2.56. The smallest absolute Gasteiger partial charge is 0.378 e. The first-order valence-electron chi connectivity index (χ1n) is 7.89. The molecule has 0 atom stereocenters. The molecule has 0 aliphatic rings. The van der Waals surface area contributed by atoms with Crippen LogP contribution in [0.4, 0.5) is 0 Å². The van der Waals surface area contributed by atoms with Crippen molar-refractivity contribution in [3.8, 4) is 16.9 Å². The molecule has 0 aromatic heterocycles. The molecule has 2 rings (SSSR count). The molecule has 0 heterocycles. The molecular weight excluding hydrogens is 288 g/mol. The zero-order chi connectivity index (χ0) is 16.7. The maximum atomic E-state index is 11.2. The molecule has 3 nitrogen and oxygen atoms in total. The monoisotopic (exact) mass is 310 g/mol. The maximum Gasteiger partial charge on any atom is 0.378 e. The van der Waals surface area contributed by atoms with E-state index in [1.54, 1.807) is 12.1 Å². The highest BCUT2D eigenvalue weighted by molar-refractivity contribution is 5.86. The third kappa shape index (κ3) is 4.99. The Bertz CT molecular complexity index is 654. The molecule has 0 amide bonds. The number of unbranched alkanes of at least 4 members (excludes halogenated alkanes) is 2. The average molecular weight is 310 g/mol. The van der Waals surface area contributed by atoms with Crippen molar-refractivity contribution in [3.05, 3.63) is 66.4 Å². The van der Waals surface area contributed by atoms with Gasteiger partial charge < -0.3 is 9.84 Å². The molecule has 0 fully saturated rings. The Morgan fingerprint density at radius 3 is 2.09 bits per heavy atom. The lowest BCUT2D eigenvalue weighted by molar-refractivity contribution is -0.132. The predicted molar refractivity (Wildman–Crippen MR) is 92.5 cm³/mol. The van der Waals surface area contributed by atoms with Crippen molar-refractivity contribution in [2.75, 3.05) is 0 Å². The standard InChI is InChI=1S/C20H22O3/c1-3-4-5-6-16-7-9-17(10-8-16)18-11-13-19(14-12-18)23-20(22)15(2)21/h7-14,21H,2-6H2,1H3. The van der Waals surface area contributed by atoms with Crippen LogP contribution in [0.2, 0.25) is 0 Å². The summed E-state index contributed by atoms with van der Waals surface area (Å²) in [6.45, 7) is 5.34. The molecule has 23 heavy (non-hydrogen) atoms. The molecule has 0 radical (unpaired) electrons. The van der Waals surface area contributed by atoms with Crippen molar-refractivity contribution < 1.29 is 14.6 Å². The van der Waals surface area contributed by atoms with Crippen molar-refractivity contribution in [1.82, 2.24) is 0 Å². The van der Waals surface area contributed by atoms with Crippen molar-refractivity contribution in [2.24, 2.45) is 0 Å².